The summed E-state index contributed by atoms with van der Waals surface area (Å²) in [5.74, 6) is 0.539. The van der Waals surface area contributed by atoms with E-state index >= 15 is 0 Å². The van der Waals surface area contributed by atoms with Crippen molar-refractivity contribution >= 4 is 17.5 Å². The monoisotopic (exact) mass is 476 g/mol. The molecule has 1 fully saturated rings. The fourth-order valence-electron chi connectivity index (χ4n) is 4.67. The first kappa shape index (κ1) is 24.4. The first-order valence-electron chi connectivity index (χ1n) is 11.9. The van der Waals surface area contributed by atoms with E-state index in [9.17, 15) is 9.59 Å². The fourth-order valence-corrected chi connectivity index (χ4v) is 4.67. The minimum atomic E-state index is -0.950. The molecule has 2 amide bonds. The Bertz CT molecular complexity index is 1180. The minimum absolute atomic E-state index is 0.0873. The molecule has 1 N–H and O–H groups in total. The minimum Gasteiger partial charge on any atom is -0.493 e. The zero-order valence-electron chi connectivity index (χ0n) is 20.7. The molecular weight excluding hydrogens is 444 g/mol. The Balaban J connectivity index is 1.89. The van der Waals surface area contributed by atoms with Gasteiger partial charge in [-0.3, -0.25) is 14.5 Å². The number of hydrogen-bond acceptors (Lipinski definition) is 5. The lowest BCUT2D eigenvalue weighted by atomic mass is 9.99. The third kappa shape index (κ3) is 5.04. The molecule has 35 heavy (non-hydrogen) atoms. The topological polar surface area (TPSA) is 81.0 Å². The van der Waals surface area contributed by atoms with E-state index in [1.165, 1.54) is 11.2 Å². The van der Waals surface area contributed by atoms with Gasteiger partial charge in [0, 0.05) is 11.7 Å². The van der Waals surface area contributed by atoms with Gasteiger partial charge < -0.3 is 19.2 Å². The smallest absolute Gasteiger partial charge is 0.294 e. The van der Waals surface area contributed by atoms with Gasteiger partial charge in [0.15, 0.2) is 17.3 Å². The largest absolute Gasteiger partial charge is 0.493 e. The normalized spacial score (nSPS) is 14.4. The number of aryl methyl sites for hydroxylation is 1. The molecule has 1 unspecified atom stereocenters. The van der Waals surface area contributed by atoms with Crippen LogP contribution in [-0.2, 0) is 4.79 Å². The number of carbonyl (C=O) groups excluding carboxylic acids is 2. The summed E-state index contributed by atoms with van der Waals surface area (Å²) in [5, 5.41) is 3.19. The van der Waals surface area contributed by atoms with Gasteiger partial charge in [-0.05, 0) is 73.7 Å². The first-order chi connectivity index (χ1) is 16.9. The Hall–Kier alpha value is -3.74. The van der Waals surface area contributed by atoms with Gasteiger partial charge in [-0.25, -0.2) is 0 Å². The van der Waals surface area contributed by atoms with E-state index in [2.05, 4.69) is 5.32 Å². The molecule has 0 bridgehead atoms. The average molecular weight is 477 g/mol. The summed E-state index contributed by atoms with van der Waals surface area (Å²) in [6, 6.07) is 13.5. The van der Waals surface area contributed by atoms with Crippen molar-refractivity contribution in [3.63, 3.8) is 0 Å². The van der Waals surface area contributed by atoms with Gasteiger partial charge >= 0.3 is 0 Å². The molecule has 1 atom stereocenters. The second-order valence-electron chi connectivity index (χ2n) is 8.88. The summed E-state index contributed by atoms with van der Waals surface area (Å²) < 4.78 is 16.4. The quantitative estimate of drug-likeness (QED) is 0.473. The highest BCUT2D eigenvalue weighted by Gasteiger charge is 2.37. The SMILES string of the molecule is COc1ccc(C(C(=O)NC2CCCC2)N(C(=O)c2ccco2)c2cccc(C)c2C)cc1OC. The van der Waals surface area contributed by atoms with E-state index in [1.807, 2.05) is 32.0 Å². The van der Waals surface area contributed by atoms with Crippen molar-refractivity contribution < 1.29 is 23.5 Å². The highest BCUT2D eigenvalue weighted by atomic mass is 16.5. The molecule has 0 aliphatic heterocycles. The lowest BCUT2D eigenvalue weighted by molar-refractivity contribution is -0.123. The molecule has 0 spiro atoms. The zero-order chi connectivity index (χ0) is 24.9. The van der Waals surface area contributed by atoms with Crippen molar-refractivity contribution in [1.29, 1.82) is 0 Å². The highest BCUT2D eigenvalue weighted by Crippen LogP contribution is 2.37. The van der Waals surface area contributed by atoms with Crippen molar-refractivity contribution in [2.75, 3.05) is 19.1 Å². The van der Waals surface area contributed by atoms with Crippen LogP contribution in [0.25, 0.3) is 0 Å². The van der Waals surface area contributed by atoms with Gasteiger partial charge in [0.05, 0.1) is 20.5 Å². The maximum Gasteiger partial charge on any atom is 0.294 e. The van der Waals surface area contributed by atoms with E-state index in [1.54, 1.807) is 44.6 Å². The van der Waals surface area contributed by atoms with Crippen LogP contribution in [0.1, 0.15) is 59.0 Å². The molecule has 184 valence electrons. The van der Waals surface area contributed by atoms with Gasteiger partial charge in [0.25, 0.3) is 5.91 Å². The number of rotatable bonds is 8. The zero-order valence-corrected chi connectivity index (χ0v) is 20.7. The number of furan rings is 1. The predicted octanol–water partition coefficient (Wildman–Crippen LogP) is 5.36. The molecule has 1 heterocycles. The molecule has 4 rings (SSSR count). The van der Waals surface area contributed by atoms with E-state index in [0.717, 1.165) is 36.8 Å². The van der Waals surface area contributed by atoms with Gasteiger partial charge in [-0.2, -0.15) is 0 Å². The second-order valence-corrected chi connectivity index (χ2v) is 8.88. The number of nitrogens with one attached hydrogen (secondary N) is 1. The van der Waals surface area contributed by atoms with Crippen molar-refractivity contribution in [3.05, 3.63) is 77.2 Å². The number of carbonyl (C=O) groups is 2. The van der Waals surface area contributed by atoms with E-state index < -0.39 is 11.9 Å². The molecule has 0 saturated heterocycles. The highest BCUT2D eigenvalue weighted by molar-refractivity contribution is 6.09. The van der Waals surface area contributed by atoms with Crippen LogP contribution in [0.5, 0.6) is 11.5 Å². The summed E-state index contributed by atoms with van der Waals surface area (Å²) in [5.41, 5.74) is 3.18. The summed E-state index contributed by atoms with van der Waals surface area (Å²) in [7, 11) is 3.11. The Morgan fingerprint density at radius 1 is 1.00 bits per heavy atom. The average Bonchev–Trinajstić information content (AvgIpc) is 3.58. The Labute approximate surface area is 206 Å². The number of hydrogen-bond donors (Lipinski definition) is 1. The summed E-state index contributed by atoms with van der Waals surface area (Å²) in [6.45, 7) is 3.94. The van der Waals surface area contributed by atoms with Crippen LogP contribution in [0.2, 0.25) is 0 Å². The van der Waals surface area contributed by atoms with Crippen LogP contribution in [0.4, 0.5) is 5.69 Å². The molecule has 7 nitrogen and oxygen atoms in total. The lowest BCUT2D eigenvalue weighted by Gasteiger charge is -2.33. The first-order valence-corrected chi connectivity index (χ1v) is 11.9. The van der Waals surface area contributed by atoms with Gasteiger partial charge in [-0.15, -0.1) is 0 Å². The Kier molecular flexibility index (Phi) is 7.44. The molecule has 2 aromatic carbocycles. The van der Waals surface area contributed by atoms with Crippen LogP contribution in [-0.4, -0.2) is 32.1 Å². The van der Waals surface area contributed by atoms with Crippen LogP contribution in [0.3, 0.4) is 0 Å². The maximum absolute atomic E-state index is 13.9. The molecule has 1 aromatic heterocycles. The Morgan fingerprint density at radius 3 is 2.40 bits per heavy atom. The summed E-state index contributed by atoms with van der Waals surface area (Å²) >= 11 is 0. The fraction of sp³-hybridized carbons (Fsp3) is 0.357. The molecule has 7 heteroatoms. The van der Waals surface area contributed by atoms with Crippen LogP contribution < -0.4 is 19.7 Å². The van der Waals surface area contributed by atoms with Crippen molar-refractivity contribution in [3.8, 4) is 11.5 Å². The summed E-state index contributed by atoms with van der Waals surface area (Å²) in [4.78, 5) is 29.4. The lowest BCUT2D eigenvalue weighted by Crippen LogP contribution is -2.46. The van der Waals surface area contributed by atoms with E-state index in [0.29, 0.717) is 22.7 Å². The third-order valence-electron chi connectivity index (χ3n) is 6.72. The molecule has 1 saturated carbocycles. The van der Waals surface area contributed by atoms with Gasteiger partial charge in [0.2, 0.25) is 5.91 Å². The number of ether oxygens (including phenoxy) is 2. The molecule has 1 aliphatic carbocycles. The molecular formula is C28H32N2O5. The number of benzene rings is 2. The number of methoxy groups -OCH3 is 2. The number of amides is 2. The number of anilines is 1. The van der Waals surface area contributed by atoms with Crippen LogP contribution in [0.15, 0.2) is 59.2 Å². The van der Waals surface area contributed by atoms with Crippen molar-refractivity contribution in [2.45, 2.75) is 51.6 Å². The van der Waals surface area contributed by atoms with Crippen molar-refractivity contribution in [2.24, 2.45) is 0 Å². The van der Waals surface area contributed by atoms with Gasteiger partial charge in [0.1, 0.15) is 6.04 Å². The van der Waals surface area contributed by atoms with E-state index in [-0.39, 0.29) is 17.7 Å². The summed E-state index contributed by atoms with van der Waals surface area (Å²) in [6.07, 6.45) is 5.48. The third-order valence-corrected chi connectivity index (χ3v) is 6.72. The predicted molar refractivity (Wildman–Crippen MR) is 134 cm³/mol. The van der Waals surface area contributed by atoms with Crippen LogP contribution in [0, 0.1) is 13.8 Å². The van der Waals surface area contributed by atoms with Crippen LogP contribution >= 0.6 is 0 Å². The molecule has 1 aliphatic rings. The standard InChI is InChI=1S/C28H32N2O5/c1-18-9-7-12-22(19(18)2)30(28(32)24-13-8-16-35-24)26(27(31)29-21-10-5-6-11-21)20-14-15-23(33-3)25(17-20)34-4/h7-9,12-17,21,26H,5-6,10-11H2,1-4H3,(H,29,31). The maximum atomic E-state index is 13.9. The van der Waals surface area contributed by atoms with Crippen molar-refractivity contribution in [1.82, 2.24) is 5.32 Å². The molecule has 0 radical (unpaired) electrons. The van der Waals surface area contributed by atoms with Gasteiger partial charge in [-0.1, -0.05) is 31.0 Å². The second kappa shape index (κ2) is 10.7. The Morgan fingerprint density at radius 2 is 1.74 bits per heavy atom. The molecule has 3 aromatic rings. The number of nitrogens with zero attached hydrogens (tertiary/aromatic N) is 1. The van der Waals surface area contributed by atoms with E-state index in [4.69, 9.17) is 13.9 Å².